The van der Waals surface area contributed by atoms with Crippen molar-refractivity contribution in [2.24, 2.45) is 0 Å². The molecule has 21 heavy (non-hydrogen) atoms. The fourth-order valence-corrected chi connectivity index (χ4v) is 4.98. The van der Waals surface area contributed by atoms with Gasteiger partial charge in [0, 0.05) is 30.1 Å². The van der Waals surface area contributed by atoms with Gasteiger partial charge >= 0.3 is 0 Å². The fourth-order valence-electron chi connectivity index (χ4n) is 2.30. The Hall–Kier alpha value is -1.16. The molecule has 4 rings (SSSR count). The maximum atomic E-state index is 3.49. The molecule has 1 heterocycles. The van der Waals surface area contributed by atoms with Gasteiger partial charge in [0.2, 0.25) is 0 Å². The van der Waals surface area contributed by atoms with Crippen LogP contribution in [-0.2, 0) is 0 Å². The smallest absolute Gasteiger partial charge is 0.0353 e. The van der Waals surface area contributed by atoms with Crippen molar-refractivity contribution in [2.75, 3.05) is 0 Å². The zero-order valence-electron chi connectivity index (χ0n) is 11.0. The molecule has 0 saturated heterocycles. The second-order valence-corrected chi connectivity index (χ2v) is 7.72. The molecule has 0 amide bonds. The molecule has 0 saturated carbocycles. The molecule has 0 spiro atoms. The van der Waals surface area contributed by atoms with E-state index >= 15 is 0 Å². The summed E-state index contributed by atoms with van der Waals surface area (Å²) in [5.74, 6) is 0. The maximum Gasteiger partial charge on any atom is 0.0353 e. The summed E-state index contributed by atoms with van der Waals surface area (Å²) in [6.45, 7) is 0. The fraction of sp³-hybridized carbons (Fsp3) is 0. The molecule has 0 aromatic heterocycles. The molecule has 3 aromatic rings. The lowest BCUT2D eigenvalue weighted by molar-refractivity contribution is 1.15. The lowest BCUT2D eigenvalue weighted by atomic mass is 10.1. The summed E-state index contributed by atoms with van der Waals surface area (Å²) in [7, 11) is 0. The Morgan fingerprint density at radius 1 is 0.714 bits per heavy atom. The van der Waals surface area contributed by atoms with E-state index in [4.69, 9.17) is 0 Å². The Bertz CT molecular complexity index is 813. The van der Waals surface area contributed by atoms with E-state index in [1.165, 1.54) is 30.7 Å². The van der Waals surface area contributed by atoms with Crippen molar-refractivity contribution in [1.29, 1.82) is 0 Å². The summed E-state index contributed by atoms with van der Waals surface area (Å²) in [5.41, 5.74) is 2.53. The molecule has 1 radical (unpaired) electrons. The average Bonchev–Trinajstić information content (AvgIpc) is 2.53. The highest BCUT2D eigenvalue weighted by Crippen LogP contribution is 2.49. The molecule has 0 aliphatic carbocycles. The third-order valence-electron chi connectivity index (χ3n) is 3.32. The Kier molecular flexibility index (Phi) is 3.57. The van der Waals surface area contributed by atoms with Gasteiger partial charge in [-0.2, -0.15) is 0 Å². The molecule has 0 bridgehead atoms. The van der Waals surface area contributed by atoms with Crippen molar-refractivity contribution in [1.82, 2.24) is 0 Å². The Labute approximate surface area is 141 Å². The van der Waals surface area contributed by atoms with E-state index in [1.54, 1.807) is 11.8 Å². The molecular formula is C18H10BrS2. The first-order valence-corrected chi connectivity index (χ1v) is 8.99. The van der Waals surface area contributed by atoms with E-state index in [0.29, 0.717) is 0 Å². The Morgan fingerprint density at radius 3 is 2.38 bits per heavy atom. The molecule has 3 aromatic carbocycles. The molecule has 1 aliphatic heterocycles. The van der Waals surface area contributed by atoms with Crippen molar-refractivity contribution < 1.29 is 0 Å². The number of benzene rings is 3. The van der Waals surface area contributed by atoms with Gasteiger partial charge in [-0.1, -0.05) is 75.9 Å². The van der Waals surface area contributed by atoms with Crippen molar-refractivity contribution in [3.8, 4) is 11.1 Å². The van der Waals surface area contributed by atoms with Crippen LogP contribution in [0.25, 0.3) is 11.1 Å². The highest BCUT2D eigenvalue weighted by Gasteiger charge is 2.18. The zero-order chi connectivity index (χ0) is 14.2. The van der Waals surface area contributed by atoms with Crippen LogP contribution in [0.5, 0.6) is 0 Å². The first-order chi connectivity index (χ1) is 10.3. The summed E-state index contributed by atoms with van der Waals surface area (Å²) in [4.78, 5) is 5.11. The van der Waals surface area contributed by atoms with Crippen LogP contribution in [0.15, 0.2) is 84.7 Å². The van der Waals surface area contributed by atoms with E-state index in [0.717, 1.165) is 4.47 Å². The number of rotatable bonds is 1. The summed E-state index contributed by atoms with van der Waals surface area (Å²) in [6, 6.07) is 24.8. The van der Waals surface area contributed by atoms with Crippen molar-refractivity contribution in [3.05, 3.63) is 71.2 Å². The minimum absolute atomic E-state index is 1.01. The molecule has 3 heteroatoms. The molecule has 0 fully saturated rings. The van der Waals surface area contributed by atoms with Crippen LogP contribution in [0, 0.1) is 6.07 Å². The number of hydrogen-bond donors (Lipinski definition) is 0. The van der Waals surface area contributed by atoms with Gasteiger partial charge in [0.25, 0.3) is 0 Å². The largest absolute Gasteiger partial charge is 0.0877 e. The standard InChI is InChI=1S/C18H10BrS2/c19-14-7-9-16-18(11-14)21-15-8-6-13(10-17(15)20-16)12-4-2-1-3-5-12/h1-10H. The molecular weight excluding hydrogens is 360 g/mol. The lowest BCUT2D eigenvalue weighted by Crippen LogP contribution is -1.90. The van der Waals surface area contributed by atoms with Gasteiger partial charge in [-0.15, -0.1) is 0 Å². The first-order valence-electron chi connectivity index (χ1n) is 6.56. The van der Waals surface area contributed by atoms with E-state index in [1.807, 2.05) is 11.8 Å². The average molecular weight is 370 g/mol. The predicted molar refractivity (Wildman–Crippen MR) is 93.1 cm³/mol. The predicted octanol–water partition coefficient (Wildman–Crippen LogP) is 6.53. The minimum Gasteiger partial charge on any atom is -0.0877 e. The summed E-state index contributed by atoms with van der Waals surface area (Å²) >= 11 is 7.12. The van der Waals surface area contributed by atoms with E-state index in [-0.39, 0.29) is 0 Å². The molecule has 0 N–H and O–H groups in total. The quantitative estimate of drug-likeness (QED) is 0.373. The van der Waals surface area contributed by atoms with Crippen LogP contribution in [0.1, 0.15) is 0 Å². The van der Waals surface area contributed by atoms with Gasteiger partial charge in [-0.05, 0) is 35.4 Å². The SMILES string of the molecule is Brc1[c]c2c(cc1)Sc1cc(-c3ccccc3)ccc1S2. The Balaban J connectivity index is 1.75. The summed E-state index contributed by atoms with van der Waals surface area (Å²) in [5, 5.41) is 0. The minimum atomic E-state index is 1.01. The van der Waals surface area contributed by atoms with E-state index in [9.17, 15) is 0 Å². The lowest BCUT2D eigenvalue weighted by Gasteiger charge is -2.19. The summed E-state index contributed by atoms with van der Waals surface area (Å²) < 4.78 is 1.01. The van der Waals surface area contributed by atoms with Crippen LogP contribution in [-0.4, -0.2) is 0 Å². The van der Waals surface area contributed by atoms with Gasteiger partial charge in [-0.3, -0.25) is 0 Å². The third kappa shape index (κ3) is 2.66. The van der Waals surface area contributed by atoms with E-state index in [2.05, 4.69) is 82.7 Å². The van der Waals surface area contributed by atoms with Crippen LogP contribution in [0.3, 0.4) is 0 Å². The van der Waals surface area contributed by atoms with Crippen molar-refractivity contribution >= 4 is 39.5 Å². The van der Waals surface area contributed by atoms with Gasteiger partial charge in [0.05, 0.1) is 0 Å². The molecule has 101 valence electrons. The monoisotopic (exact) mass is 369 g/mol. The second-order valence-electron chi connectivity index (χ2n) is 4.73. The molecule has 0 unspecified atom stereocenters. The maximum absolute atomic E-state index is 3.49. The Morgan fingerprint density at radius 2 is 1.52 bits per heavy atom. The number of hydrogen-bond acceptors (Lipinski definition) is 2. The normalized spacial score (nSPS) is 12.6. The van der Waals surface area contributed by atoms with Gasteiger partial charge in [0.15, 0.2) is 0 Å². The molecule has 1 aliphatic rings. The van der Waals surface area contributed by atoms with Crippen molar-refractivity contribution in [2.45, 2.75) is 19.6 Å². The van der Waals surface area contributed by atoms with Crippen molar-refractivity contribution in [3.63, 3.8) is 0 Å². The highest BCUT2D eigenvalue weighted by atomic mass is 79.9. The van der Waals surface area contributed by atoms with Gasteiger partial charge in [-0.25, -0.2) is 0 Å². The zero-order valence-corrected chi connectivity index (χ0v) is 14.2. The van der Waals surface area contributed by atoms with Gasteiger partial charge in [0.1, 0.15) is 0 Å². The first kappa shape index (κ1) is 13.5. The van der Waals surface area contributed by atoms with Crippen LogP contribution >= 0.6 is 39.5 Å². The topological polar surface area (TPSA) is 0 Å². The van der Waals surface area contributed by atoms with E-state index < -0.39 is 0 Å². The van der Waals surface area contributed by atoms with Crippen LogP contribution in [0.4, 0.5) is 0 Å². The van der Waals surface area contributed by atoms with Crippen LogP contribution < -0.4 is 0 Å². The highest BCUT2D eigenvalue weighted by molar-refractivity contribution is 9.10. The number of fused-ring (bicyclic) bond motifs is 2. The van der Waals surface area contributed by atoms with Crippen LogP contribution in [0.2, 0.25) is 0 Å². The molecule has 0 nitrogen and oxygen atoms in total. The van der Waals surface area contributed by atoms with Gasteiger partial charge < -0.3 is 0 Å². The molecule has 0 atom stereocenters. The summed E-state index contributed by atoms with van der Waals surface area (Å²) in [6.07, 6.45) is 0. The number of halogens is 1. The third-order valence-corrected chi connectivity index (χ3v) is 6.26. The second kappa shape index (κ2) is 5.56.